The number of nitrogens with zero attached hydrogens (tertiary/aromatic N) is 3. The van der Waals surface area contributed by atoms with Gasteiger partial charge in [0.25, 0.3) is 5.91 Å². The number of benzene rings is 2. The van der Waals surface area contributed by atoms with Gasteiger partial charge in [-0.2, -0.15) is 0 Å². The molecule has 0 spiro atoms. The molecule has 0 saturated carbocycles. The van der Waals surface area contributed by atoms with Gasteiger partial charge in [0.1, 0.15) is 5.82 Å². The van der Waals surface area contributed by atoms with Crippen LogP contribution in [0.25, 0.3) is 5.69 Å². The fraction of sp³-hybridized carbons (Fsp3) is 0.150. The Kier molecular flexibility index (Phi) is 6.10. The van der Waals surface area contributed by atoms with Gasteiger partial charge >= 0.3 is 0 Å². The number of hydrogen-bond donors (Lipinski definition) is 1. The standard InChI is InChI=1S/C20H16Cl2N4O3/c1-11(27)20(29)23-10-18-25-24-12(2)26(18)17-8-7-13(21)9-15(17)19(28)14-5-3-4-6-16(14)22/h3-9H,10H2,1-2H3,(H,23,29). The lowest BCUT2D eigenvalue weighted by Gasteiger charge is -2.14. The van der Waals surface area contributed by atoms with Crippen molar-refractivity contribution in [3.63, 3.8) is 0 Å². The molecule has 0 aliphatic heterocycles. The zero-order valence-electron chi connectivity index (χ0n) is 15.6. The summed E-state index contributed by atoms with van der Waals surface area (Å²) in [7, 11) is 0. The third-order valence-electron chi connectivity index (χ3n) is 4.18. The van der Waals surface area contributed by atoms with E-state index >= 15 is 0 Å². The van der Waals surface area contributed by atoms with E-state index in [9.17, 15) is 14.4 Å². The number of hydrogen-bond acceptors (Lipinski definition) is 5. The number of ketones is 2. The van der Waals surface area contributed by atoms with Crippen molar-refractivity contribution in [2.24, 2.45) is 0 Å². The molecule has 0 radical (unpaired) electrons. The van der Waals surface area contributed by atoms with Crippen molar-refractivity contribution >= 4 is 40.7 Å². The van der Waals surface area contributed by atoms with Gasteiger partial charge in [-0.05, 0) is 37.3 Å². The zero-order valence-corrected chi connectivity index (χ0v) is 17.1. The summed E-state index contributed by atoms with van der Waals surface area (Å²) >= 11 is 12.3. The molecule has 3 rings (SSSR count). The number of carbonyl (C=O) groups is 3. The van der Waals surface area contributed by atoms with E-state index in [4.69, 9.17) is 23.2 Å². The second-order valence-corrected chi connectivity index (χ2v) is 7.05. The van der Waals surface area contributed by atoms with Crippen LogP contribution >= 0.6 is 23.2 Å². The van der Waals surface area contributed by atoms with Crippen molar-refractivity contribution in [2.75, 3.05) is 0 Å². The van der Waals surface area contributed by atoms with Gasteiger partial charge in [-0.15, -0.1) is 10.2 Å². The van der Waals surface area contributed by atoms with Gasteiger partial charge in [0.2, 0.25) is 5.78 Å². The molecule has 0 atom stereocenters. The quantitative estimate of drug-likeness (QED) is 0.478. The van der Waals surface area contributed by atoms with E-state index in [1.54, 1.807) is 54.0 Å². The van der Waals surface area contributed by atoms with Crippen LogP contribution in [-0.4, -0.2) is 32.2 Å². The molecular formula is C20H16Cl2N4O3. The minimum atomic E-state index is -0.735. The van der Waals surface area contributed by atoms with Gasteiger partial charge in [0.15, 0.2) is 11.6 Å². The van der Waals surface area contributed by atoms with Crippen LogP contribution in [0.1, 0.15) is 34.5 Å². The molecule has 0 fully saturated rings. The van der Waals surface area contributed by atoms with Gasteiger partial charge in [0.05, 0.1) is 17.3 Å². The molecular weight excluding hydrogens is 415 g/mol. The van der Waals surface area contributed by atoms with Crippen LogP contribution in [0.3, 0.4) is 0 Å². The van der Waals surface area contributed by atoms with Crippen LogP contribution in [0.15, 0.2) is 42.5 Å². The average molecular weight is 431 g/mol. The zero-order chi connectivity index (χ0) is 21.1. The fourth-order valence-electron chi connectivity index (χ4n) is 2.79. The molecule has 1 heterocycles. The van der Waals surface area contributed by atoms with Gasteiger partial charge in [-0.1, -0.05) is 35.3 Å². The maximum atomic E-state index is 13.2. The third kappa shape index (κ3) is 4.36. The van der Waals surface area contributed by atoms with Crippen molar-refractivity contribution in [3.05, 3.63) is 75.3 Å². The Labute approximate surface area is 176 Å². The summed E-state index contributed by atoms with van der Waals surface area (Å²) in [4.78, 5) is 36.0. The summed E-state index contributed by atoms with van der Waals surface area (Å²) in [5.41, 5.74) is 1.11. The van der Waals surface area contributed by atoms with Crippen LogP contribution in [0.4, 0.5) is 0 Å². The first-order valence-corrected chi connectivity index (χ1v) is 9.34. The highest BCUT2D eigenvalue weighted by atomic mass is 35.5. The molecule has 0 aliphatic rings. The Morgan fingerprint density at radius 2 is 1.76 bits per heavy atom. The highest BCUT2D eigenvalue weighted by Gasteiger charge is 2.21. The molecule has 0 aliphatic carbocycles. The molecule has 1 amide bonds. The Balaban J connectivity index is 2.08. The lowest BCUT2D eigenvalue weighted by molar-refractivity contribution is -0.136. The maximum Gasteiger partial charge on any atom is 0.287 e. The molecule has 3 aromatic rings. The predicted molar refractivity (Wildman–Crippen MR) is 109 cm³/mol. The molecule has 0 unspecified atom stereocenters. The normalized spacial score (nSPS) is 10.6. The fourth-order valence-corrected chi connectivity index (χ4v) is 3.19. The summed E-state index contributed by atoms with van der Waals surface area (Å²) in [6, 6.07) is 11.6. The number of nitrogens with one attached hydrogen (secondary N) is 1. The van der Waals surface area contributed by atoms with E-state index < -0.39 is 11.7 Å². The smallest absolute Gasteiger partial charge is 0.287 e. The van der Waals surface area contributed by atoms with Crippen LogP contribution in [0, 0.1) is 6.92 Å². The first kappa shape index (κ1) is 20.7. The van der Waals surface area contributed by atoms with Crippen molar-refractivity contribution in [1.29, 1.82) is 0 Å². The molecule has 9 heteroatoms. The van der Waals surface area contributed by atoms with E-state index in [2.05, 4.69) is 15.5 Å². The third-order valence-corrected chi connectivity index (χ3v) is 4.75. The second-order valence-electron chi connectivity index (χ2n) is 6.21. The summed E-state index contributed by atoms with van der Waals surface area (Å²) < 4.78 is 1.63. The van der Waals surface area contributed by atoms with Gasteiger partial charge in [-0.25, -0.2) is 0 Å². The minimum absolute atomic E-state index is 0.0401. The lowest BCUT2D eigenvalue weighted by atomic mass is 10.0. The topological polar surface area (TPSA) is 93.9 Å². The molecule has 7 nitrogen and oxygen atoms in total. The van der Waals surface area contributed by atoms with E-state index in [0.717, 1.165) is 0 Å². The van der Waals surface area contributed by atoms with Crippen LogP contribution in [0.5, 0.6) is 0 Å². The number of halogens is 2. The van der Waals surface area contributed by atoms with E-state index in [1.807, 2.05) is 0 Å². The second kappa shape index (κ2) is 8.55. The minimum Gasteiger partial charge on any atom is -0.342 e. The Bertz CT molecular complexity index is 1120. The van der Waals surface area contributed by atoms with Crippen molar-refractivity contribution in [1.82, 2.24) is 20.1 Å². The SMILES string of the molecule is CC(=O)C(=O)NCc1nnc(C)n1-c1ccc(Cl)cc1C(=O)c1ccccc1Cl. The molecule has 0 bridgehead atoms. The molecule has 2 aromatic carbocycles. The first-order valence-electron chi connectivity index (χ1n) is 8.58. The number of aryl methyl sites for hydroxylation is 1. The largest absolute Gasteiger partial charge is 0.342 e. The summed E-state index contributed by atoms with van der Waals surface area (Å²) in [5, 5.41) is 11.3. The summed E-state index contributed by atoms with van der Waals surface area (Å²) in [6.07, 6.45) is 0. The molecule has 1 N–H and O–H groups in total. The van der Waals surface area contributed by atoms with Crippen molar-refractivity contribution < 1.29 is 14.4 Å². The predicted octanol–water partition coefficient (Wildman–Crippen LogP) is 3.32. The average Bonchev–Trinajstić information content (AvgIpc) is 3.06. The van der Waals surface area contributed by atoms with Crippen LogP contribution < -0.4 is 5.32 Å². The molecule has 1 aromatic heterocycles. The number of Topliss-reactive ketones (excluding diaryl/α,β-unsaturated/α-hetero) is 1. The van der Waals surface area contributed by atoms with Gasteiger partial charge in [0, 0.05) is 23.1 Å². The van der Waals surface area contributed by atoms with Crippen LogP contribution in [0.2, 0.25) is 10.0 Å². The lowest BCUT2D eigenvalue weighted by Crippen LogP contribution is -2.30. The number of rotatable bonds is 6. The van der Waals surface area contributed by atoms with Crippen molar-refractivity contribution in [3.8, 4) is 5.69 Å². The Morgan fingerprint density at radius 1 is 1.03 bits per heavy atom. The Hall–Kier alpha value is -3.03. The molecule has 148 valence electrons. The van der Waals surface area contributed by atoms with E-state index in [-0.39, 0.29) is 12.3 Å². The van der Waals surface area contributed by atoms with E-state index in [1.165, 1.54) is 6.92 Å². The van der Waals surface area contributed by atoms with Gasteiger partial charge < -0.3 is 5.32 Å². The number of aromatic nitrogens is 3. The molecule has 0 saturated heterocycles. The summed E-state index contributed by atoms with van der Waals surface area (Å²) in [5.74, 6) is -0.824. The van der Waals surface area contributed by atoms with E-state index in [0.29, 0.717) is 38.5 Å². The number of amides is 1. The highest BCUT2D eigenvalue weighted by molar-refractivity contribution is 6.36. The summed E-state index contributed by atoms with van der Waals surface area (Å²) in [6.45, 7) is 2.84. The maximum absolute atomic E-state index is 13.2. The Morgan fingerprint density at radius 3 is 2.45 bits per heavy atom. The van der Waals surface area contributed by atoms with Crippen molar-refractivity contribution in [2.45, 2.75) is 20.4 Å². The van der Waals surface area contributed by atoms with Gasteiger partial charge in [-0.3, -0.25) is 19.0 Å². The van der Waals surface area contributed by atoms with Crippen LogP contribution in [-0.2, 0) is 16.1 Å². The highest BCUT2D eigenvalue weighted by Crippen LogP contribution is 2.27. The first-order chi connectivity index (χ1) is 13.8. The monoisotopic (exact) mass is 430 g/mol. The molecule has 29 heavy (non-hydrogen) atoms. The number of carbonyl (C=O) groups excluding carboxylic acids is 3.